The molecule has 0 saturated carbocycles. The third kappa shape index (κ3) is 4.15. The summed E-state index contributed by atoms with van der Waals surface area (Å²) in [6, 6.07) is 16.2. The largest absolute Gasteiger partial charge is 0.338 e. The van der Waals surface area contributed by atoms with Gasteiger partial charge in [-0.1, -0.05) is 35.0 Å². The van der Waals surface area contributed by atoms with E-state index in [0.717, 1.165) is 10.9 Å². The lowest BCUT2D eigenvalue weighted by molar-refractivity contribution is 0.0609. The highest BCUT2D eigenvalue weighted by molar-refractivity contribution is 6.30. The van der Waals surface area contributed by atoms with Gasteiger partial charge in [0.25, 0.3) is 11.5 Å². The van der Waals surface area contributed by atoms with E-state index >= 15 is 0 Å². The molecule has 3 heterocycles. The van der Waals surface area contributed by atoms with E-state index < -0.39 is 0 Å². The van der Waals surface area contributed by atoms with E-state index in [1.54, 1.807) is 35.2 Å². The van der Waals surface area contributed by atoms with E-state index in [1.807, 2.05) is 24.3 Å². The Morgan fingerprint density at radius 2 is 1.81 bits per heavy atom. The second kappa shape index (κ2) is 8.57. The van der Waals surface area contributed by atoms with Gasteiger partial charge in [0.1, 0.15) is 5.69 Å². The molecular formula is C23H20ClN5O3. The lowest BCUT2D eigenvalue weighted by atomic mass is 10.1. The van der Waals surface area contributed by atoms with Crippen LogP contribution in [0.4, 0.5) is 0 Å². The van der Waals surface area contributed by atoms with Crippen LogP contribution >= 0.6 is 11.6 Å². The van der Waals surface area contributed by atoms with Crippen LogP contribution in [0.5, 0.6) is 0 Å². The highest BCUT2D eigenvalue weighted by Crippen LogP contribution is 2.19. The summed E-state index contributed by atoms with van der Waals surface area (Å²) >= 11 is 5.92. The minimum Gasteiger partial charge on any atom is -0.338 e. The number of carbonyl (C=O) groups excluding carboxylic acids is 1. The Labute approximate surface area is 188 Å². The number of carbonyl (C=O) groups is 1. The van der Waals surface area contributed by atoms with Gasteiger partial charge < -0.3 is 14.4 Å². The Morgan fingerprint density at radius 1 is 1.06 bits per heavy atom. The number of halogens is 1. The van der Waals surface area contributed by atoms with Crippen molar-refractivity contribution in [1.29, 1.82) is 0 Å². The molecule has 4 aromatic rings. The van der Waals surface area contributed by atoms with Crippen molar-refractivity contribution in [3.05, 3.63) is 81.6 Å². The van der Waals surface area contributed by atoms with Crippen molar-refractivity contribution in [3.63, 3.8) is 0 Å². The molecule has 5 rings (SSSR count). The van der Waals surface area contributed by atoms with Crippen molar-refractivity contribution in [2.24, 2.45) is 0 Å². The van der Waals surface area contributed by atoms with Gasteiger partial charge >= 0.3 is 0 Å². The predicted octanol–water partition coefficient (Wildman–Crippen LogP) is 3.19. The van der Waals surface area contributed by atoms with Gasteiger partial charge in [0.2, 0.25) is 11.7 Å². The summed E-state index contributed by atoms with van der Waals surface area (Å²) < 4.78 is 5.39. The predicted molar refractivity (Wildman–Crippen MR) is 120 cm³/mol. The second-order valence-electron chi connectivity index (χ2n) is 7.69. The smallest absolute Gasteiger partial charge is 0.270 e. The number of benzene rings is 2. The quantitative estimate of drug-likeness (QED) is 0.514. The first kappa shape index (κ1) is 20.4. The van der Waals surface area contributed by atoms with Crippen molar-refractivity contribution in [2.75, 3.05) is 26.2 Å². The van der Waals surface area contributed by atoms with Crippen LogP contribution in [0.1, 0.15) is 16.4 Å². The van der Waals surface area contributed by atoms with Gasteiger partial charge in [-0.3, -0.25) is 14.5 Å². The number of piperazine rings is 1. The SMILES string of the molecule is O=C(c1cc2ccccc2c(=O)[nH]1)N1CCN(Cc2nc(-c3ccc(Cl)cc3)no2)CC1. The maximum Gasteiger partial charge on any atom is 0.270 e. The summed E-state index contributed by atoms with van der Waals surface area (Å²) in [5, 5.41) is 6.03. The number of aromatic nitrogens is 3. The van der Waals surface area contributed by atoms with Crippen molar-refractivity contribution in [3.8, 4) is 11.4 Å². The number of nitrogens with zero attached hydrogens (tertiary/aromatic N) is 4. The lowest BCUT2D eigenvalue weighted by Crippen LogP contribution is -2.48. The van der Waals surface area contributed by atoms with Crippen molar-refractivity contribution < 1.29 is 9.32 Å². The van der Waals surface area contributed by atoms with E-state index in [0.29, 0.717) is 60.5 Å². The fraction of sp³-hybridized carbons (Fsp3) is 0.217. The highest BCUT2D eigenvalue weighted by atomic mass is 35.5. The van der Waals surface area contributed by atoms with Crippen LogP contribution in [-0.2, 0) is 6.54 Å². The molecule has 0 unspecified atom stereocenters. The molecule has 9 heteroatoms. The van der Waals surface area contributed by atoms with Gasteiger partial charge in [0.05, 0.1) is 6.54 Å². The third-order valence-corrected chi connectivity index (χ3v) is 5.82. The van der Waals surface area contributed by atoms with Crippen LogP contribution in [0.2, 0.25) is 5.02 Å². The summed E-state index contributed by atoms with van der Waals surface area (Å²) in [5.74, 6) is 0.870. The number of amides is 1. The standard InChI is InChI=1S/C23H20ClN5O3/c24-17-7-5-15(6-8-17)21-26-20(32-27-21)14-28-9-11-29(12-10-28)23(31)19-13-16-3-1-2-4-18(16)22(30)25-19/h1-8,13H,9-12,14H2,(H,25,30). The average Bonchev–Trinajstić information content (AvgIpc) is 3.28. The van der Waals surface area contributed by atoms with Gasteiger partial charge in [-0.15, -0.1) is 0 Å². The first-order valence-corrected chi connectivity index (χ1v) is 10.7. The first-order chi connectivity index (χ1) is 15.6. The Balaban J connectivity index is 1.21. The fourth-order valence-corrected chi connectivity index (χ4v) is 3.96. The molecule has 1 saturated heterocycles. The highest BCUT2D eigenvalue weighted by Gasteiger charge is 2.24. The minimum absolute atomic E-state index is 0.171. The molecule has 0 radical (unpaired) electrons. The van der Waals surface area contributed by atoms with Gasteiger partial charge in [0.15, 0.2) is 0 Å². The molecule has 1 N–H and O–H groups in total. The molecule has 162 valence electrons. The molecule has 0 aliphatic carbocycles. The van der Waals surface area contributed by atoms with E-state index in [1.165, 1.54) is 0 Å². The molecule has 2 aromatic carbocycles. The van der Waals surface area contributed by atoms with Crippen LogP contribution < -0.4 is 5.56 Å². The molecule has 2 aromatic heterocycles. The lowest BCUT2D eigenvalue weighted by Gasteiger charge is -2.33. The number of rotatable bonds is 4. The summed E-state index contributed by atoms with van der Waals surface area (Å²) in [5.41, 5.74) is 0.897. The summed E-state index contributed by atoms with van der Waals surface area (Å²) in [6.07, 6.45) is 0. The summed E-state index contributed by atoms with van der Waals surface area (Å²) in [6.45, 7) is 2.94. The Hall–Kier alpha value is -3.49. The van der Waals surface area contributed by atoms with Gasteiger partial charge in [-0.2, -0.15) is 4.98 Å². The maximum atomic E-state index is 12.9. The number of fused-ring (bicyclic) bond motifs is 1. The van der Waals surface area contributed by atoms with Crippen LogP contribution in [0.3, 0.4) is 0 Å². The summed E-state index contributed by atoms with van der Waals surface area (Å²) in [4.78, 5) is 36.3. The topological polar surface area (TPSA) is 95.3 Å². The van der Waals surface area contributed by atoms with Crippen LogP contribution in [-0.4, -0.2) is 57.0 Å². The second-order valence-corrected chi connectivity index (χ2v) is 8.12. The molecule has 32 heavy (non-hydrogen) atoms. The zero-order valence-corrected chi connectivity index (χ0v) is 17.9. The zero-order valence-electron chi connectivity index (χ0n) is 17.1. The molecule has 1 fully saturated rings. The molecule has 1 aliphatic rings. The number of aromatic amines is 1. The molecule has 1 aliphatic heterocycles. The van der Waals surface area contributed by atoms with E-state index in [-0.39, 0.29) is 11.5 Å². The molecule has 1 amide bonds. The molecule has 0 bridgehead atoms. The minimum atomic E-state index is -0.252. The Kier molecular flexibility index (Phi) is 5.46. The Bertz CT molecular complexity index is 1320. The number of hydrogen-bond donors (Lipinski definition) is 1. The van der Waals surface area contributed by atoms with E-state index in [9.17, 15) is 9.59 Å². The number of nitrogens with one attached hydrogen (secondary N) is 1. The maximum absolute atomic E-state index is 12.9. The van der Waals surface area contributed by atoms with Crippen molar-refractivity contribution >= 4 is 28.3 Å². The Morgan fingerprint density at radius 3 is 2.59 bits per heavy atom. The average molecular weight is 450 g/mol. The van der Waals surface area contributed by atoms with Crippen LogP contribution in [0, 0.1) is 0 Å². The third-order valence-electron chi connectivity index (χ3n) is 5.57. The molecular weight excluding hydrogens is 430 g/mol. The van der Waals surface area contributed by atoms with Gasteiger partial charge in [-0.05, 0) is 41.8 Å². The zero-order chi connectivity index (χ0) is 22.1. The van der Waals surface area contributed by atoms with Gasteiger partial charge in [-0.25, -0.2) is 0 Å². The van der Waals surface area contributed by atoms with E-state index in [4.69, 9.17) is 16.1 Å². The first-order valence-electron chi connectivity index (χ1n) is 10.3. The van der Waals surface area contributed by atoms with Crippen LogP contribution in [0.25, 0.3) is 22.2 Å². The normalized spacial score (nSPS) is 14.7. The van der Waals surface area contributed by atoms with Gasteiger partial charge in [0, 0.05) is 42.2 Å². The fourth-order valence-electron chi connectivity index (χ4n) is 3.83. The molecule has 0 atom stereocenters. The number of pyridine rings is 1. The molecule has 8 nitrogen and oxygen atoms in total. The van der Waals surface area contributed by atoms with Crippen molar-refractivity contribution in [2.45, 2.75) is 6.54 Å². The number of H-pyrrole nitrogens is 1. The van der Waals surface area contributed by atoms with Crippen LogP contribution in [0.15, 0.2) is 63.9 Å². The monoisotopic (exact) mass is 449 g/mol. The number of hydrogen-bond acceptors (Lipinski definition) is 6. The van der Waals surface area contributed by atoms with Crippen molar-refractivity contribution in [1.82, 2.24) is 24.9 Å². The summed E-state index contributed by atoms with van der Waals surface area (Å²) in [7, 11) is 0. The van der Waals surface area contributed by atoms with E-state index in [2.05, 4.69) is 20.0 Å². The molecule has 0 spiro atoms.